The summed E-state index contributed by atoms with van der Waals surface area (Å²) in [5.74, 6) is 0.960. The van der Waals surface area contributed by atoms with E-state index in [1.54, 1.807) is 13.3 Å². The monoisotopic (exact) mass is 416 g/mol. The van der Waals surface area contributed by atoms with Crippen LogP contribution in [0.25, 0.3) is 17.3 Å². The van der Waals surface area contributed by atoms with Gasteiger partial charge in [-0.25, -0.2) is 0 Å². The van der Waals surface area contributed by atoms with Gasteiger partial charge in [-0.15, -0.1) is 0 Å². The number of carbonyl (C=O) groups is 1. The van der Waals surface area contributed by atoms with Crippen molar-refractivity contribution in [3.63, 3.8) is 0 Å². The number of hydrogen-bond acceptors (Lipinski definition) is 4. The van der Waals surface area contributed by atoms with Gasteiger partial charge in [0, 0.05) is 30.5 Å². The van der Waals surface area contributed by atoms with Gasteiger partial charge in [-0.05, 0) is 49.2 Å². The van der Waals surface area contributed by atoms with E-state index < -0.39 is 0 Å². The fourth-order valence-corrected chi connectivity index (χ4v) is 3.96. The number of methoxy groups -OCH3 is 1. The molecular formula is C25H28N4O2. The molecule has 6 nitrogen and oxygen atoms in total. The Morgan fingerprint density at radius 2 is 2.06 bits per heavy atom. The molecule has 1 fully saturated rings. The van der Waals surface area contributed by atoms with Gasteiger partial charge in [0.2, 0.25) is 5.91 Å². The minimum Gasteiger partial charge on any atom is -0.496 e. The fourth-order valence-electron chi connectivity index (χ4n) is 3.96. The van der Waals surface area contributed by atoms with Crippen LogP contribution >= 0.6 is 0 Å². The molecule has 6 heteroatoms. The Balaban J connectivity index is 1.30. The summed E-state index contributed by atoms with van der Waals surface area (Å²) in [7, 11) is 1.69. The molecule has 0 aliphatic carbocycles. The highest BCUT2D eigenvalue weighted by Crippen LogP contribution is 2.22. The highest BCUT2D eigenvalue weighted by atomic mass is 16.5. The Morgan fingerprint density at radius 1 is 1.23 bits per heavy atom. The van der Waals surface area contributed by atoms with E-state index in [0.29, 0.717) is 0 Å². The quantitative estimate of drug-likeness (QED) is 0.597. The summed E-state index contributed by atoms with van der Waals surface area (Å²) >= 11 is 0. The zero-order valence-electron chi connectivity index (χ0n) is 17.8. The maximum atomic E-state index is 12.8. The molecule has 1 atom stereocenters. The predicted molar refractivity (Wildman–Crippen MR) is 124 cm³/mol. The number of piperidine rings is 1. The van der Waals surface area contributed by atoms with E-state index >= 15 is 0 Å². The van der Waals surface area contributed by atoms with Crippen molar-refractivity contribution in [2.24, 2.45) is 5.92 Å². The van der Waals surface area contributed by atoms with Crippen LogP contribution < -0.4 is 10.1 Å². The summed E-state index contributed by atoms with van der Waals surface area (Å²) in [5.41, 5.74) is 3.89. The molecule has 1 amide bonds. The Bertz CT molecular complexity index is 1010. The number of aromatic amines is 1. The number of benzene rings is 2. The zero-order valence-corrected chi connectivity index (χ0v) is 17.8. The van der Waals surface area contributed by atoms with Crippen LogP contribution in [0.5, 0.6) is 5.75 Å². The molecule has 160 valence electrons. The molecule has 2 N–H and O–H groups in total. The van der Waals surface area contributed by atoms with E-state index in [9.17, 15) is 4.79 Å². The van der Waals surface area contributed by atoms with Crippen LogP contribution in [0.3, 0.4) is 0 Å². The first-order valence-corrected chi connectivity index (χ1v) is 10.7. The Morgan fingerprint density at radius 3 is 2.84 bits per heavy atom. The topological polar surface area (TPSA) is 70.2 Å². The molecule has 0 bridgehead atoms. The van der Waals surface area contributed by atoms with Crippen LogP contribution in [0, 0.1) is 5.92 Å². The molecule has 1 saturated heterocycles. The van der Waals surface area contributed by atoms with E-state index in [0.717, 1.165) is 60.7 Å². The Hall–Kier alpha value is -3.38. The third-order valence-electron chi connectivity index (χ3n) is 5.64. The predicted octanol–water partition coefficient (Wildman–Crippen LogP) is 4.45. The first-order valence-electron chi connectivity index (χ1n) is 10.7. The molecule has 2 aromatic carbocycles. The fraction of sp³-hybridized carbons (Fsp3) is 0.280. The van der Waals surface area contributed by atoms with Crippen molar-refractivity contribution in [3.05, 3.63) is 72.4 Å². The minimum atomic E-state index is 0.000644. The van der Waals surface area contributed by atoms with Crippen LogP contribution in [0.2, 0.25) is 0 Å². The van der Waals surface area contributed by atoms with Gasteiger partial charge in [0.1, 0.15) is 5.75 Å². The molecule has 31 heavy (non-hydrogen) atoms. The van der Waals surface area contributed by atoms with Gasteiger partial charge < -0.3 is 10.1 Å². The van der Waals surface area contributed by atoms with Crippen molar-refractivity contribution in [3.8, 4) is 17.0 Å². The van der Waals surface area contributed by atoms with Crippen LogP contribution in [0.15, 0.2) is 66.9 Å². The van der Waals surface area contributed by atoms with Gasteiger partial charge in [-0.2, -0.15) is 5.10 Å². The van der Waals surface area contributed by atoms with E-state index in [2.05, 4.69) is 32.6 Å². The smallest absolute Gasteiger partial charge is 0.228 e. The van der Waals surface area contributed by atoms with Gasteiger partial charge in [0.05, 0.1) is 18.7 Å². The second kappa shape index (κ2) is 10.1. The summed E-state index contributed by atoms with van der Waals surface area (Å²) in [6.07, 6.45) is 7.91. The average molecular weight is 417 g/mol. The summed E-state index contributed by atoms with van der Waals surface area (Å²) in [6.45, 7) is 2.61. The molecule has 1 aromatic heterocycles. The molecule has 3 aromatic rings. The second-order valence-corrected chi connectivity index (χ2v) is 7.78. The molecule has 1 aliphatic rings. The zero-order chi connectivity index (χ0) is 21.5. The summed E-state index contributed by atoms with van der Waals surface area (Å²) < 4.78 is 5.40. The van der Waals surface area contributed by atoms with E-state index in [-0.39, 0.29) is 11.8 Å². The maximum Gasteiger partial charge on any atom is 0.228 e. The Kier molecular flexibility index (Phi) is 6.79. The number of H-pyrrole nitrogens is 1. The maximum absolute atomic E-state index is 12.8. The Labute approximate surface area is 182 Å². The van der Waals surface area contributed by atoms with E-state index in [1.807, 2.05) is 54.6 Å². The number of carbonyl (C=O) groups excluding carboxylic acids is 1. The number of amides is 1. The number of likely N-dealkylation sites (tertiary alicyclic amines) is 1. The van der Waals surface area contributed by atoms with E-state index in [1.165, 1.54) is 0 Å². The second-order valence-electron chi connectivity index (χ2n) is 7.78. The number of rotatable bonds is 7. The molecule has 0 radical (unpaired) electrons. The summed E-state index contributed by atoms with van der Waals surface area (Å²) in [5, 5.41) is 10.00. The lowest BCUT2D eigenvalue weighted by molar-refractivity contribution is -0.121. The summed E-state index contributed by atoms with van der Waals surface area (Å²) in [6, 6.07) is 17.7. The third-order valence-corrected chi connectivity index (χ3v) is 5.64. The number of para-hydroxylation sites is 1. The van der Waals surface area contributed by atoms with Crippen molar-refractivity contribution in [1.29, 1.82) is 0 Å². The van der Waals surface area contributed by atoms with Crippen LogP contribution in [-0.4, -0.2) is 47.7 Å². The molecule has 4 rings (SSSR count). The molecule has 0 saturated carbocycles. The lowest BCUT2D eigenvalue weighted by Crippen LogP contribution is -2.40. The van der Waals surface area contributed by atoms with Gasteiger partial charge in [0.15, 0.2) is 0 Å². The van der Waals surface area contributed by atoms with Gasteiger partial charge >= 0.3 is 0 Å². The van der Waals surface area contributed by atoms with Gasteiger partial charge in [-0.3, -0.25) is 14.8 Å². The van der Waals surface area contributed by atoms with Crippen molar-refractivity contribution >= 4 is 17.7 Å². The van der Waals surface area contributed by atoms with Crippen molar-refractivity contribution in [2.75, 3.05) is 32.1 Å². The number of anilines is 1. The van der Waals surface area contributed by atoms with Crippen molar-refractivity contribution in [2.45, 2.75) is 12.8 Å². The highest BCUT2D eigenvalue weighted by Gasteiger charge is 2.25. The van der Waals surface area contributed by atoms with E-state index in [4.69, 9.17) is 4.74 Å². The number of nitrogens with zero attached hydrogens (tertiary/aromatic N) is 2. The first-order chi connectivity index (χ1) is 15.2. The SMILES string of the molecule is COc1ccccc1/C=C/CN1CCC[C@H](C(=O)Nc2ccc(-c3ccn[nH]3)cc2)C1. The van der Waals surface area contributed by atoms with Crippen molar-refractivity contribution < 1.29 is 9.53 Å². The lowest BCUT2D eigenvalue weighted by Gasteiger charge is -2.31. The van der Waals surface area contributed by atoms with Crippen molar-refractivity contribution in [1.82, 2.24) is 15.1 Å². The van der Waals surface area contributed by atoms with Crippen LogP contribution in [0.4, 0.5) is 5.69 Å². The number of nitrogens with one attached hydrogen (secondary N) is 2. The first kappa shape index (κ1) is 20.9. The normalized spacial score (nSPS) is 17.0. The van der Waals surface area contributed by atoms with Crippen LogP contribution in [0.1, 0.15) is 18.4 Å². The molecule has 2 heterocycles. The lowest BCUT2D eigenvalue weighted by atomic mass is 9.97. The van der Waals surface area contributed by atoms with Crippen LogP contribution in [-0.2, 0) is 4.79 Å². The largest absolute Gasteiger partial charge is 0.496 e. The third kappa shape index (κ3) is 5.41. The average Bonchev–Trinajstić information content (AvgIpc) is 3.35. The molecule has 0 unspecified atom stereocenters. The van der Waals surface area contributed by atoms with Gasteiger partial charge in [-0.1, -0.05) is 42.5 Å². The minimum absolute atomic E-state index is 0.000644. The summed E-state index contributed by atoms with van der Waals surface area (Å²) in [4.78, 5) is 15.2. The standard InChI is InChI=1S/C25H28N4O2/c1-31-24-9-3-2-6-20(24)7-4-16-29-17-5-8-21(18-29)25(30)27-22-12-10-19(11-13-22)23-14-15-26-28-23/h2-4,6-7,9-15,21H,5,8,16-18H2,1H3,(H,26,28)(H,27,30)/b7-4+/t21-/m0/s1. The molecular weight excluding hydrogens is 388 g/mol. The van der Waals surface area contributed by atoms with Gasteiger partial charge in [0.25, 0.3) is 0 Å². The number of ether oxygens (including phenoxy) is 1. The number of aromatic nitrogens is 2. The number of hydrogen-bond donors (Lipinski definition) is 2. The molecule has 0 spiro atoms. The highest BCUT2D eigenvalue weighted by molar-refractivity contribution is 5.93. The molecule has 1 aliphatic heterocycles.